The molecule has 5 heteroatoms. The summed E-state index contributed by atoms with van der Waals surface area (Å²) in [4.78, 5) is 0. The third-order valence-corrected chi connectivity index (χ3v) is 6.62. The van der Waals surface area contributed by atoms with Crippen LogP contribution in [0, 0.1) is 0 Å². The second-order valence-corrected chi connectivity index (χ2v) is 9.16. The fourth-order valence-corrected chi connectivity index (χ4v) is 4.79. The summed E-state index contributed by atoms with van der Waals surface area (Å²) in [6.07, 6.45) is 11.3. The van der Waals surface area contributed by atoms with E-state index in [4.69, 9.17) is 0 Å². The number of hydrogen-bond acceptors (Lipinski definition) is 4. The van der Waals surface area contributed by atoms with Gasteiger partial charge in [0, 0.05) is 18.8 Å². The van der Waals surface area contributed by atoms with Gasteiger partial charge in [-0.05, 0) is 32.1 Å². The second kappa shape index (κ2) is 6.75. The maximum atomic E-state index is 11.7. The molecule has 4 nitrogen and oxygen atoms in total. The van der Waals surface area contributed by atoms with Gasteiger partial charge in [-0.15, -0.1) is 0 Å². The van der Waals surface area contributed by atoms with Crippen LogP contribution in [0.25, 0.3) is 0 Å². The molecule has 0 spiro atoms. The van der Waals surface area contributed by atoms with E-state index in [1.165, 1.54) is 19.1 Å². The normalized spacial score (nSPS) is 31.7. The highest BCUT2D eigenvalue weighted by molar-refractivity contribution is 7.91. The average molecular weight is 303 g/mol. The molecule has 0 amide bonds. The predicted octanol–water partition coefficient (Wildman–Crippen LogP) is 2.02. The molecular weight excluding hydrogens is 274 g/mol. The standard InChI is InChI=1S/C15H29NO3S/c1-20(18,19)14-8-6-7-13(11-14)16-12-15(17)9-4-2-3-5-10-15/h13-14,16-17H,2-12H2,1H3. The summed E-state index contributed by atoms with van der Waals surface area (Å²) in [6, 6.07) is 0.246. The Hall–Kier alpha value is -0.130. The maximum absolute atomic E-state index is 11.7. The van der Waals surface area contributed by atoms with Gasteiger partial charge in [0.25, 0.3) is 0 Å². The molecule has 2 unspecified atom stereocenters. The lowest BCUT2D eigenvalue weighted by Crippen LogP contribution is -2.47. The summed E-state index contributed by atoms with van der Waals surface area (Å²) in [5, 5.41) is 13.9. The fourth-order valence-electron chi connectivity index (χ4n) is 3.62. The molecule has 0 aromatic heterocycles. The van der Waals surface area contributed by atoms with Crippen molar-refractivity contribution in [3.05, 3.63) is 0 Å². The van der Waals surface area contributed by atoms with E-state index in [1.54, 1.807) is 0 Å². The Labute approximate surface area is 123 Å². The van der Waals surface area contributed by atoms with Crippen molar-refractivity contribution in [1.82, 2.24) is 5.32 Å². The molecule has 0 aromatic carbocycles. The molecule has 0 heterocycles. The summed E-state index contributed by atoms with van der Waals surface area (Å²) in [5.41, 5.74) is -0.575. The Morgan fingerprint density at radius 1 is 1.10 bits per heavy atom. The zero-order valence-corrected chi connectivity index (χ0v) is 13.4. The molecule has 2 atom stereocenters. The average Bonchev–Trinajstić information content (AvgIpc) is 2.61. The zero-order valence-electron chi connectivity index (χ0n) is 12.6. The fraction of sp³-hybridized carbons (Fsp3) is 1.00. The summed E-state index contributed by atoms with van der Waals surface area (Å²) in [6.45, 7) is 0.619. The number of hydrogen-bond donors (Lipinski definition) is 2. The Morgan fingerprint density at radius 2 is 1.75 bits per heavy atom. The molecule has 118 valence electrons. The minimum absolute atomic E-state index is 0.197. The Balaban J connectivity index is 1.83. The van der Waals surface area contributed by atoms with Crippen LogP contribution < -0.4 is 5.32 Å². The van der Waals surface area contributed by atoms with Gasteiger partial charge < -0.3 is 10.4 Å². The molecule has 2 N–H and O–H groups in total. The van der Waals surface area contributed by atoms with Crippen molar-refractivity contribution < 1.29 is 13.5 Å². The first-order valence-electron chi connectivity index (χ1n) is 8.04. The van der Waals surface area contributed by atoms with Crippen LogP contribution in [0.5, 0.6) is 0 Å². The van der Waals surface area contributed by atoms with Crippen molar-refractivity contribution in [2.45, 2.75) is 81.1 Å². The van der Waals surface area contributed by atoms with Crippen molar-refractivity contribution in [3.8, 4) is 0 Å². The third kappa shape index (κ3) is 4.71. The predicted molar refractivity (Wildman–Crippen MR) is 81.5 cm³/mol. The lowest BCUT2D eigenvalue weighted by molar-refractivity contribution is 0.0216. The lowest BCUT2D eigenvalue weighted by Gasteiger charge is -2.33. The molecule has 0 aromatic rings. The summed E-state index contributed by atoms with van der Waals surface area (Å²) in [7, 11) is -2.93. The zero-order chi connectivity index (χ0) is 14.6. The van der Waals surface area contributed by atoms with Crippen LogP contribution in [-0.4, -0.2) is 43.2 Å². The van der Waals surface area contributed by atoms with E-state index in [0.717, 1.165) is 44.9 Å². The van der Waals surface area contributed by atoms with Crippen LogP contribution in [0.4, 0.5) is 0 Å². The van der Waals surface area contributed by atoms with Crippen LogP contribution in [0.3, 0.4) is 0 Å². The maximum Gasteiger partial charge on any atom is 0.150 e. The van der Waals surface area contributed by atoms with Crippen LogP contribution in [0.2, 0.25) is 0 Å². The van der Waals surface area contributed by atoms with Crippen molar-refractivity contribution >= 4 is 9.84 Å². The van der Waals surface area contributed by atoms with Crippen LogP contribution in [-0.2, 0) is 9.84 Å². The highest BCUT2D eigenvalue weighted by Gasteiger charge is 2.32. The Kier molecular flexibility index (Phi) is 5.49. The number of aliphatic hydroxyl groups is 1. The highest BCUT2D eigenvalue weighted by Crippen LogP contribution is 2.28. The van der Waals surface area contributed by atoms with Gasteiger partial charge in [-0.25, -0.2) is 8.42 Å². The van der Waals surface area contributed by atoms with Crippen molar-refractivity contribution in [2.75, 3.05) is 12.8 Å². The quantitative estimate of drug-likeness (QED) is 0.780. The first kappa shape index (κ1) is 16.2. The number of nitrogens with one attached hydrogen (secondary N) is 1. The second-order valence-electron chi connectivity index (χ2n) is 6.83. The van der Waals surface area contributed by atoms with Crippen LogP contribution in [0.1, 0.15) is 64.2 Å². The van der Waals surface area contributed by atoms with Gasteiger partial charge in [0.2, 0.25) is 0 Å². The van der Waals surface area contributed by atoms with E-state index in [-0.39, 0.29) is 11.3 Å². The molecular formula is C15H29NO3S. The molecule has 0 saturated heterocycles. The molecule has 2 aliphatic carbocycles. The molecule has 2 aliphatic rings. The van der Waals surface area contributed by atoms with E-state index in [2.05, 4.69) is 5.32 Å². The van der Waals surface area contributed by atoms with Crippen molar-refractivity contribution in [2.24, 2.45) is 0 Å². The van der Waals surface area contributed by atoms with Gasteiger partial charge in [0.15, 0.2) is 0 Å². The van der Waals surface area contributed by atoms with Gasteiger partial charge in [0.1, 0.15) is 9.84 Å². The molecule has 0 aliphatic heterocycles. The first-order valence-corrected chi connectivity index (χ1v) is 9.99. The van der Waals surface area contributed by atoms with Gasteiger partial charge in [-0.1, -0.05) is 32.1 Å². The molecule has 2 saturated carbocycles. The molecule has 0 radical (unpaired) electrons. The SMILES string of the molecule is CS(=O)(=O)C1CCCC(NCC2(O)CCCCCC2)C1. The van der Waals surface area contributed by atoms with Gasteiger partial charge in [-0.2, -0.15) is 0 Å². The van der Waals surface area contributed by atoms with Crippen LogP contribution in [0.15, 0.2) is 0 Å². The largest absolute Gasteiger partial charge is 0.389 e. The lowest BCUT2D eigenvalue weighted by atomic mass is 9.91. The molecule has 0 bridgehead atoms. The number of sulfone groups is 1. The van der Waals surface area contributed by atoms with E-state index < -0.39 is 15.4 Å². The van der Waals surface area contributed by atoms with E-state index in [9.17, 15) is 13.5 Å². The van der Waals surface area contributed by atoms with E-state index in [0.29, 0.717) is 13.0 Å². The minimum Gasteiger partial charge on any atom is -0.389 e. The Bertz CT molecular complexity index is 399. The van der Waals surface area contributed by atoms with Gasteiger partial charge >= 0.3 is 0 Å². The smallest absolute Gasteiger partial charge is 0.150 e. The number of rotatable bonds is 4. The van der Waals surface area contributed by atoms with Gasteiger partial charge in [0.05, 0.1) is 10.9 Å². The molecule has 20 heavy (non-hydrogen) atoms. The van der Waals surface area contributed by atoms with Crippen molar-refractivity contribution in [1.29, 1.82) is 0 Å². The van der Waals surface area contributed by atoms with E-state index >= 15 is 0 Å². The molecule has 2 rings (SSSR count). The highest BCUT2D eigenvalue weighted by atomic mass is 32.2. The third-order valence-electron chi connectivity index (χ3n) is 4.99. The summed E-state index contributed by atoms with van der Waals surface area (Å²) in [5.74, 6) is 0. The monoisotopic (exact) mass is 303 g/mol. The molecule has 2 fully saturated rings. The Morgan fingerprint density at radius 3 is 2.35 bits per heavy atom. The summed E-state index contributed by atoms with van der Waals surface area (Å²) >= 11 is 0. The minimum atomic E-state index is -2.93. The van der Waals surface area contributed by atoms with Gasteiger partial charge in [-0.3, -0.25) is 0 Å². The first-order chi connectivity index (χ1) is 9.39. The van der Waals surface area contributed by atoms with E-state index in [1.807, 2.05) is 0 Å². The summed E-state index contributed by atoms with van der Waals surface area (Å²) < 4.78 is 23.3. The topological polar surface area (TPSA) is 66.4 Å². The van der Waals surface area contributed by atoms with Crippen molar-refractivity contribution in [3.63, 3.8) is 0 Å². The van der Waals surface area contributed by atoms with Crippen LogP contribution >= 0.6 is 0 Å².